The highest BCUT2D eigenvalue weighted by atomic mass is 16.5. The number of nitrogens with two attached hydrogens (primary N) is 1. The van der Waals surface area contributed by atoms with E-state index in [1.165, 1.54) is 6.33 Å². The lowest BCUT2D eigenvalue weighted by Gasteiger charge is -2.22. The molecule has 1 aromatic rings. The number of nitrogens with zero attached hydrogens (tertiary/aromatic N) is 2. The molecule has 0 unspecified atom stereocenters. The van der Waals surface area contributed by atoms with Crippen LogP contribution in [0.25, 0.3) is 0 Å². The Morgan fingerprint density at radius 3 is 2.26 bits per heavy atom. The summed E-state index contributed by atoms with van der Waals surface area (Å²) < 4.78 is 16.3. The molecule has 6 nitrogen and oxygen atoms in total. The average molecular weight is 269 g/mol. The SMILES string of the molecule is CCCOc1ncnc(OCCC(C)(C)OC)c1N. The van der Waals surface area contributed by atoms with Gasteiger partial charge in [0.1, 0.15) is 6.33 Å². The Labute approximate surface area is 114 Å². The molecule has 1 heterocycles. The molecule has 1 aromatic heterocycles. The van der Waals surface area contributed by atoms with Crippen molar-refractivity contribution in [3.63, 3.8) is 0 Å². The van der Waals surface area contributed by atoms with Crippen molar-refractivity contribution in [2.24, 2.45) is 0 Å². The van der Waals surface area contributed by atoms with Gasteiger partial charge >= 0.3 is 0 Å². The first kappa shape index (κ1) is 15.5. The van der Waals surface area contributed by atoms with Gasteiger partial charge in [-0.15, -0.1) is 0 Å². The Bertz CT molecular complexity index is 397. The van der Waals surface area contributed by atoms with Crippen LogP contribution < -0.4 is 15.2 Å². The zero-order chi connectivity index (χ0) is 14.3. The summed E-state index contributed by atoms with van der Waals surface area (Å²) in [5.41, 5.74) is 6.01. The first-order chi connectivity index (χ1) is 9.00. The van der Waals surface area contributed by atoms with Crippen LogP contribution in [0, 0.1) is 0 Å². The van der Waals surface area contributed by atoms with Crippen molar-refractivity contribution in [1.82, 2.24) is 9.97 Å². The fourth-order valence-electron chi connectivity index (χ4n) is 1.29. The molecule has 19 heavy (non-hydrogen) atoms. The molecule has 108 valence electrons. The minimum atomic E-state index is -0.233. The molecular formula is C13H23N3O3. The monoisotopic (exact) mass is 269 g/mol. The largest absolute Gasteiger partial charge is 0.476 e. The van der Waals surface area contributed by atoms with Crippen LogP contribution in [-0.2, 0) is 4.74 Å². The topological polar surface area (TPSA) is 79.5 Å². The van der Waals surface area contributed by atoms with Crippen molar-refractivity contribution < 1.29 is 14.2 Å². The second-order valence-electron chi connectivity index (χ2n) is 4.81. The van der Waals surface area contributed by atoms with E-state index in [4.69, 9.17) is 19.9 Å². The standard InChI is InChI=1S/C13H23N3O3/c1-5-7-18-11-10(14)12(16-9-15-11)19-8-6-13(2,3)17-4/h9H,5-8,14H2,1-4H3. The summed E-state index contributed by atoms with van der Waals surface area (Å²) in [5.74, 6) is 0.728. The van der Waals surface area contributed by atoms with Gasteiger partial charge in [0.25, 0.3) is 0 Å². The van der Waals surface area contributed by atoms with Gasteiger partial charge in [0.2, 0.25) is 11.8 Å². The number of anilines is 1. The van der Waals surface area contributed by atoms with Gasteiger partial charge in [-0.25, -0.2) is 0 Å². The highest BCUT2D eigenvalue weighted by molar-refractivity contribution is 5.55. The fourth-order valence-corrected chi connectivity index (χ4v) is 1.29. The molecular weight excluding hydrogens is 246 g/mol. The van der Waals surface area contributed by atoms with E-state index in [0.29, 0.717) is 30.7 Å². The number of aromatic nitrogens is 2. The molecule has 0 atom stereocenters. The molecule has 0 radical (unpaired) electrons. The van der Waals surface area contributed by atoms with Crippen molar-refractivity contribution in [3.05, 3.63) is 6.33 Å². The summed E-state index contributed by atoms with van der Waals surface area (Å²) in [6.07, 6.45) is 3.01. The van der Waals surface area contributed by atoms with Gasteiger partial charge in [-0.05, 0) is 20.3 Å². The van der Waals surface area contributed by atoms with Gasteiger partial charge in [0.05, 0.1) is 18.8 Å². The van der Waals surface area contributed by atoms with E-state index in [2.05, 4.69) is 9.97 Å². The lowest BCUT2D eigenvalue weighted by Crippen LogP contribution is -2.25. The number of rotatable bonds is 8. The minimum absolute atomic E-state index is 0.233. The molecule has 0 aliphatic rings. The lowest BCUT2D eigenvalue weighted by molar-refractivity contribution is 0.00512. The van der Waals surface area contributed by atoms with Crippen LogP contribution in [0.1, 0.15) is 33.6 Å². The summed E-state index contributed by atoms with van der Waals surface area (Å²) in [6.45, 7) is 7.04. The predicted octanol–water partition coefficient (Wildman–Crippen LogP) is 2.04. The van der Waals surface area contributed by atoms with Crippen molar-refractivity contribution in [2.45, 2.75) is 39.2 Å². The summed E-state index contributed by atoms with van der Waals surface area (Å²) in [5, 5.41) is 0. The van der Waals surface area contributed by atoms with Crippen LogP contribution in [0.15, 0.2) is 6.33 Å². The Kier molecular flexibility index (Phi) is 5.82. The van der Waals surface area contributed by atoms with Crippen LogP contribution in [0.4, 0.5) is 5.69 Å². The Morgan fingerprint density at radius 2 is 1.74 bits per heavy atom. The van der Waals surface area contributed by atoms with Crippen LogP contribution in [0.5, 0.6) is 11.8 Å². The first-order valence-electron chi connectivity index (χ1n) is 6.41. The number of hydrogen-bond acceptors (Lipinski definition) is 6. The fraction of sp³-hybridized carbons (Fsp3) is 0.692. The Hall–Kier alpha value is -1.56. The van der Waals surface area contributed by atoms with Crippen LogP contribution in [0.3, 0.4) is 0 Å². The van der Waals surface area contributed by atoms with E-state index in [1.807, 2.05) is 20.8 Å². The van der Waals surface area contributed by atoms with Gasteiger partial charge in [0.15, 0.2) is 5.69 Å². The van der Waals surface area contributed by atoms with E-state index in [9.17, 15) is 0 Å². The maximum absolute atomic E-state index is 5.90. The first-order valence-corrected chi connectivity index (χ1v) is 6.41. The minimum Gasteiger partial charge on any atom is -0.476 e. The van der Waals surface area contributed by atoms with Crippen molar-refractivity contribution in [1.29, 1.82) is 0 Å². The second kappa shape index (κ2) is 7.13. The molecule has 0 aromatic carbocycles. The zero-order valence-corrected chi connectivity index (χ0v) is 12.1. The van der Waals surface area contributed by atoms with E-state index in [0.717, 1.165) is 12.8 Å². The molecule has 0 spiro atoms. The number of nitrogen functional groups attached to an aromatic ring is 1. The third kappa shape index (κ3) is 4.90. The Balaban J connectivity index is 2.59. The van der Waals surface area contributed by atoms with Crippen molar-refractivity contribution >= 4 is 5.69 Å². The van der Waals surface area contributed by atoms with Gasteiger partial charge in [-0.2, -0.15) is 9.97 Å². The van der Waals surface area contributed by atoms with Crippen LogP contribution in [0.2, 0.25) is 0 Å². The van der Waals surface area contributed by atoms with E-state index in [1.54, 1.807) is 7.11 Å². The van der Waals surface area contributed by atoms with E-state index < -0.39 is 0 Å². The van der Waals surface area contributed by atoms with Gasteiger partial charge in [-0.3, -0.25) is 0 Å². The number of ether oxygens (including phenoxy) is 3. The molecule has 0 amide bonds. The highest BCUT2D eigenvalue weighted by Gasteiger charge is 2.17. The highest BCUT2D eigenvalue weighted by Crippen LogP contribution is 2.27. The van der Waals surface area contributed by atoms with Crippen molar-refractivity contribution in [3.8, 4) is 11.8 Å². The molecule has 1 rings (SSSR count). The van der Waals surface area contributed by atoms with E-state index >= 15 is 0 Å². The normalized spacial score (nSPS) is 11.4. The van der Waals surface area contributed by atoms with Crippen LogP contribution >= 0.6 is 0 Å². The van der Waals surface area contributed by atoms with E-state index in [-0.39, 0.29) is 5.60 Å². The predicted molar refractivity (Wildman–Crippen MR) is 73.4 cm³/mol. The number of hydrogen-bond donors (Lipinski definition) is 1. The smallest absolute Gasteiger partial charge is 0.244 e. The molecule has 2 N–H and O–H groups in total. The van der Waals surface area contributed by atoms with Crippen LogP contribution in [-0.4, -0.2) is 35.9 Å². The summed E-state index contributed by atoms with van der Waals surface area (Å²) in [7, 11) is 1.68. The molecule has 0 saturated carbocycles. The molecule has 0 aliphatic carbocycles. The maximum atomic E-state index is 5.90. The zero-order valence-electron chi connectivity index (χ0n) is 12.1. The third-order valence-corrected chi connectivity index (χ3v) is 2.75. The molecule has 0 fully saturated rings. The second-order valence-corrected chi connectivity index (χ2v) is 4.81. The lowest BCUT2D eigenvalue weighted by atomic mass is 10.1. The Morgan fingerprint density at radius 1 is 1.16 bits per heavy atom. The molecule has 0 bridgehead atoms. The molecule has 6 heteroatoms. The summed E-state index contributed by atoms with van der Waals surface area (Å²) >= 11 is 0. The van der Waals surface area contributed by atoms with Gasteiger partial charge in [-0.1, -0.05) is 6.92 Å². The maximum Gasteiger partial charge on any atom is 0.244 e. The average Bonchev–Trinajstić information content (AvgIpc) is 2.39. The van der Waals surface area contributed by atoms with Gasteiger partial charge in [0, 0.05) is 13.5 Å². The number of methoxy groups -OCH3 is 1. The van der Waals surface area contributed by atoms with Gasteiger partial charge < -0.3 is 19.9 Å². The molecule has 0 saturated heterocycles. The summed E-state index contributed by atoms with van der Waals surface area (Å²) in [6, 6.07) is 0. The van der Waals surface area contributed by atoms with Crippen molar-refractivity contribution in [2.75, 3.05) is 26.1 Å². The molecule has 0 aliphatic heterocycles. The quantitative estimate of drug-likeness (QED) is 0.778. The third-order valence-electron chi connectivity index (χ3n) is 2.75. The summed E-state index contributed by atoms with van der Waals surface area (Å²) in [4.78, 5) is 8.00.